The summed E-state index contributed by atoms with van der Waals surface area (Å²) in [6, 6.07) is 2.85. The van der Waals surface area contributed by atoms with Crippen molar-refractivity contribution in [2.24, 2.45) is 5.92 Å². The van der Waals surface area contributed by atoms with Crippen molar-refractivity contribution in [3.05, 3.63) is 45.8 Å². The van der Waals surface area contributed by atoms with Crippen LogP contribution in [0.4, 0.5) is 27.8 Å². The van der Waals surface area contributed by atoms with Gasteiger partial charge in [-0.1, -0.05) is 0 Å². The number of nitrogens with zero attached hydrogens (tertiary/aromatic N) is 5. The van der Waals surface area contributed by atoms with Crippen molar-refractivity contribution in [2.75, 3.05) is 18.0 Å². The van der Waals surface area contributed by atoms with Gasteiger partial charge in [0.1, 0.15) is 17.3 Å². The molecule has 0 N–H and O–H groups in total. The van der Waals surface area contributed by atoms with Gasteiger partial charge in [-0.3, -0.25) is 4.79 Å². The third kappa shape index (κ3) is 4.59. The van der Waals surface area contributed by atoms with E-state index in [1.54, 1.807) is 0 Å². The zero-order valence-electron chi connectivity index (χ0n) is 15.9. The van der Waals surface area contributed by atoms with Crippen molar-refractivity contribution in [1.29, 1.82) is 0 Å². The lowest BCUT2D eigenvalue weighted by atomic mass is 9.97. The van der Waals surface area contributed by atoms with Crippen LogP contribution in [-0.2, 0) is 12.7 Å². The lowest BCUT2D eigenvalue weighted by Gasteiger charge is -2.33. The molecule has 1 aliphatic heterocycles. The molecule has 11 heteroatoms. The van der Waals surface area contributed by atoms with E-state index in [1.807, 2.05) is 4.90 Å². The number of rotatable bonds is 5. The minimum absolute atomic E-state index is 0.0470. The van der Waals surface area contributed by atoms with E-state index in [1.165, 1.54) is 6.07 Å². The Bertz CT molecular complexity index is 944. The number of aromatic nitrogens is 4. The fourth-order valence-corrected chi connectivity index (χ4v) is 3.59. The molecular weight excluding hydrogens is 409 g/mol. The maximum Gasteiger partial charge on any atom is 0.435 e. The molecule has 0 radical (unpaired) electrons. The highest BCUT2D eigenvalue weighted by Crippen LogP contribution is 2.39. The molecular formula is C19H20F5N5O. The van der Waals surface area contributed by atoms with Gasteiger partial charge in [-0.25, -0.2) is 23.4 Å². The highest BCUT2D eigenvalue weighted by atomic mass is 19.4. The van der Waals surface area contributed by atoms with Gasteiger partial charge in [0, 0.05) is 37.7 Å². The second kappa shape index (κ2) is 7.92. The van der Waals surface area contributed by atoms with Crippen molar-refractivity contribution >= 4 is 5.82 Å². The molecule has 2 aromatic rings. The third-order valence-electron chi connectivity index (χ3n) is 5.44. The van der Waals surface area contributed by atoms with Crippen LogP contribution in [0.1, 0.15) is 55.2 Å². The maximum absolute atomic E-state index is 13.2. The zero-order valence-corrected chi connectivity index (χ0v) is 15.9. The summed E-state index contributed by atoms with van der Waals surface area (Å²) in [5, 5.41) is 3.45. The number of alkyl halides is 5. The van der Waals surface area contributed by atoms with Crippen LogP contribution in [0.2, 0.25) is 0 Å². The first-order valence-corrected chi connectivity index (χ1v) is 9.78. The molecule has 0 aromatic carbocycles. The van der Waals surface area contributed by atoms with Crippen molar-refractivity contribution in [2.45, 2.75) is 50.7 Å². The number of hydrogen-bond acceptors (Lipinski definition) is 5. The lowest BCUT2D eigenvalue weighted by molar-refractivity contribution is -0.142. The van der Waals surface area contributed by atoms with Crippen LogP contribution in [0.3, 0.4) is 0 Å². The van der Waals surface area contributed by atoms with E-state index >= 15 is 0 Å². The van der Waals surface area contributed by atoms with Gasteiger partial charge in [0.15, 0.2) is 5.69 Å². The minimum atomic E-state index is -4.62. The average Bonchev–Trinajstić information content (AvgIpc) is 3.54. The van der Waals surface area contributed by atoms with Gasteiger partial charge < -0.3 is 4.90 Å². The average molecular weight is 429 g/mol. The monoisotopic (exact) mass is 429 g/mol. The van der Waals surface area contributed by atoms with E-state index in [4.69, 9.17) is 0 Å². The minimum Gasteiger partial charge on any atom is -0.356 e. The molecule has 162 valence electrons. The molecule has 30 heavy (non-hydrogen) atoms. The summed E-state index contributed by atoms with van der Waals surface area (Å²) in [4.78, 5) is 22.2. The van der Waals surface area contributed by atoms with Crippen LogP contribution in [0.15, 0.2) is 23.0 Å². The second-order valence-electron chi connectivity index (χ2n) is 7.75. The summed E-state index contributed by atoms with van der Waals surface area (Å²) in [7, 11) is 0. The predicted octanol–water partition coefficient (Wildman–Crippen LogP) is 3.78. The first kappa shape index (κ1) is 20.7. The van der Waals surface area contributed by atoms with E-state index in [0.717, 1.165) is 23.6 Å². The Labute approximate surface area is 168 Å². The number of piperidine rings is 1. The molecule has 1 saturated heterocycles. The highest BCUT2D eigenvalue weighted by molar-refractivity contribution is 5.41. The van der Waals surface area contributed by atoms with Gasteiger partial charge in [0.05, 0.1) is 0 Å². The molecule has 0 spiro atoms. The van der Waals surface area contributed by atoms with Crippen molar-refractivity contribution in [1.82, 2.24) is 19.7 Å². The van der Waals surface area contributed by atoms with Crippen LogP contribution in [-0.4, -0.2) is 32.8 Å². The highest BCUT2D eigenvalue weighted by Gasteiger charge is 2.34. The summed E-state index contributed by atoms with van der Waals surface area (Å²) < 4.78 is 65.8. The summed E-state index contributed by atoms with van der Waals surface area (Å²) in [5.41, 5.74) is -1.98. The van der Waals surface area contributed by atoms with Crippen LogP contribution >= 0.6 is 0 Å². The van der Waals surface area contributed by atoms with Gasteiger partial charge in [-0.15, -0.1) is 0 Å². The molecule has 1 aliphatic carbocycles. The Morgan fingerprint density at radius 3 is 2.37 bits per heavy atom. The molecule has 0 amide bonds. The first-order chi connectivity index (χ1) is 14.2. The first-order valence-electron chi connectivity index (χ1n) is 9.78. The number of anilines is 1. The van der Waals surface area contributed by atoms with E-state index in [2.05, 4.69) is 15.1 Å². The third-order valence-corrected chi connectivity index (χ3v) is 5.44. The molecule has 2 fully saturated rings. The van der Waals surface area contributed by atoms with E-state index < -0.39 is 23.9 Å². The molecule has 6 nitrogen and oxygen atoms in total. The summed E-state index contributed by atoms with van der Waals surface area (Å²) in [5.74, 6) is 0.993. The fraction of sp³-hybridized carbons (Fsp3) is 0.579. The Balaban J connectivity index is 1.44. The molecule has 2 aliphatic rings. The quantitative estimate of drug-likeness (QED) is 0.677. The molecule has 0 unspecified atom stereocenters. The SMILES string of the molecule is O=c1ccc(C(F)(F)F)nn1CC1CCN(c2cc(C(F)F)nc(C3CC3)n2)CC1. The van der Waals surface area contributed by atoms with Crippen molar-refractivity contribution in [3.63, 3.8) is 0 Å². The predicted molar refractivity (Wildman–Crippen MR) is 97.4 cm³/mol. The summed E-state index contributed by atoms with van der Waals surface area (Å²) in [6.07, 6.45) is -4.34. The maximum atomic E-state index is 13.2. The van der Waals surface area contributed by atoms with Gasteiger partial charge in [-0.2, -0.15) is 18.3 Å². The van der Waals surface area contributed by atoms with E-state index in [-0.39, 0.29) is 24.1 Å². The molecule has 3 heterocycles. The molecule has 2 aromatic heterocycles. The van der Waals surface area contributed by atoms with Gasteiger partial charge >= 0.3 is 6.18 Å². The number of hydrogen-bond donors (Lipinski definition) is 0. The van der Waals surface area contributed by atoms with Gasteiger partial charge in [0.2, 0.25) is 0 Å². The normalized spacial score (nSPS) is 18.3. The van der Waals surface area contributed by atoms with Crippen LogP contribution in [0.25, 0.3) is 0 Å². The lowest BCUT2D eigenvalue weighted by Crippen LogP contribution is -2.37. The fourth-order valence-electron chi connectivity index (χ4n) is 3.59. The Morgan fingerprint density at radius 2 is 1.77 bits per heavy atom. The Morgan fingerprint density at radius 1 is 1.07 bits per heavy atom. The Kier molecular flexibility index (Phi) is 5.46. The van der Waals surface area contributed by atoms with Gasteiger partial charge in [0.25, 0.3) is 12.0 Å². The van der Waals surface area contributed by atoms with Gasteiger partial charge in [-0.05, 0) is 37.7 Å². The Hall–Kier alpha value is -2.59. The van der Waals surface area contributed by atoms with E-state index in [0.29, 0.717) is 43.6 Å². The van der Waals surface area contributed by atoms with E-state index in [9.17, 15) is 26.7 Å². The topological polar surface area (TPSA) is 63.9 Å². The van der Waals surface area contributed by atoms with Crippen molar-refractivity contribution < 1.29 is 22.0 Å². The largest absolute Gasteiger partial charge is 0.435 e. The van der Waals surface area contributed by atoms with Crippen LogP contribution in [0.5, 0.6) is 0 Å². The van der Waals surface area contributed by atoms with Crippen LogP contribution < -0.4 is 10.5 Å². The smallest absolute Gasteiger partial charge is 0.356 e. The molecule has 0 atom stereocenters. The molecule has 4 rings (SSSR count). The second-order valence-corrected chi connectivity index (χ2v) is 7.75. The van der Waals surface area contributed by atoms with Crippen LogP contribution in [0, 0.1) is 5.92 Å². The summed E-state index contributed by atoms with van der Waals surface area (Å²) in [6.45, 7) is 1.08. The number of halogens is 5. The van der Waals surface area contributed by atoms with Crippen molar-refractivity contribution in [3.8, 4) is 0 Å². The zero-order chi connectivity index (χ0) is 21.5. The molecule has 0 bridgehead atoms. The standard InChI is InChI=1S/C19H20F5N5O/c20-17(21)13-9-15(26-18(25-13)12-1-2-12)28-7-5-11(6-8-28)10-29-16(30)4-3-14(27-29)19(22,23)24/h3-4,9,11-12,17H,1-2,5-8,10H2. The molecule has 1 saturated carbocycles. The summed E-state index contributed by atoms with van der Waals surface area (Å²) >= 11 is 0.